The van der Waals surface area contributed by atoms with Gasteiger partial charge >= 0.3 is 5.69 Å². The van der Waals surface area contributed by atoms with E-state index in [0.29, 0.717) is 17.2 Å². The van der Waals surface area contributed by atoms with Gasteiger partial charge in [0.2, 0.25) is 0 Å². The minimum atomic E-state index is -0.432. The Bertz CT molecular complexity index is 772. The lowest BCUT2D eigenvalue weighted by Crippen LogP contribution is -2.17. The fourth-order valence-electron chi connectivity index (χ4n) is 1.90. The Morgan fingerprint density at radius 3 is 2.84 bits per heavy atom. The summed E-state index contributed by atoms with van der Waals surface area (Å²) in [5.41, 5.74) is 1.36. The summed E-state index contributed by atoms with van der Waals surface area (Å²) in [6.45, 7) is 1.80. The van der Waals surface area contributed by atoms with Crippen LogP contribution in [0.1, 0.15) is 5.56 Å². The van der Waals surface area contributed by atoms with Crippen LogP contribution in [0.2, 0.25) is 0 Å². The van der Waals surface area contributed by atoms with Crippen molar-refractivity contribution in [1.82, 2.24) is 25.0 Å². The highest BCUT2D eigenvalue weighted by Gasteiger charge is 2.15. The molecule has 2 heterocycles. The standard InChI is InChI=1S/C12H10FN5O/c1-7-2-3-8(13)6-10(7)18-11(16-17-12(18)19)9-4-5-14-15-9/h2-6H,1H3,(H,14,15)(H,17,19). The van der Waals surface area contributed by atoms with Crippen molar-refractivity contribution in [2.24, 2.45) is 0 Å². The quantitative estimate of drug-likeness (QED) is 0.730. The molecule has 2 aromatic heterocycles. The van der Waals surface area contributed by atoms with E-state index >= 15 is 0 Å². The van der Waals surface area contributed by atoms with Crippen LogP contribution in [-0.4, -0.2) is 25.0 Å². The van der Waals surface area contributed by atoms with Crippen LogP contribution in [0.15, 0.2) is 35.3 Å². The third kappa shape index (κ3) is 1.85. The zero-order valence-electron chi connectivity index (χ0n) is 10.0. The van der Waals surface area contributed by atoms with Crippen molar-refractivity contribution in [3.8, 4) is 17.2 Å². The highest BCUT2D eigenvalue weighted by molar-refractivity contribution is 5.54. The van der Waals surface area contributed by atoms with Crippen molar-refractivity contribution in [2.75, 3.05) is 0 Å². The van der Waals surface area contributed by atoms with Gasteiger partial charge in [0, 0.05) is 6.20 Å². The van der Waals surface area contributed by atoms with Crippen LogP contribution in [-0.2, 0) is 0 Å². The monoisotopic (exact) mass is 259 g/mol. The number of hydrogen-bond donors (Lipinski definition) is 2. The van der Waals surface area contributed by atoms with E-state index in [1.165, 1.54) is 16.7 Å². The second-order valence-corrected chi connectivity index (χ2v) is 4.09. The van der Waals surface area contributed by atoms with Crippen molar-refractivity contribution in [1.29, 1.82) is 0 Å². The molecular formula is C12H10FN5O. The van der Waals surface area contributed by atoms with Gasteiger partial charge in [0.05, 0.1) is 5.69 Å². The Kier molecular flexibility index (Phi) is 2.52. The number of rotatable bonds is 2. The maximum absolute atomic E-state index is 13.4. The lowest BCUT2D eigenvalue weighted by Gasteiger charge is -2.07. The van der Waals surface area contributed by atoms with Crippen molar-refractivity contribution < 1.29 is 4.39 Å². The average Bonchev–Trinajstić information content (AvgIpc) is 3.01. The molecule has 0 fully saturated rings. The van der Waals surface area contributed by atoms with Crippen LogP contribution in [0, 0.1) is 12.7 Å². The molecule has 0 atom stereocenters. The number of aromatic amines is 2. The van der Waals surface area contributed by atoms with Gasteiger partial charge in [-0.25, -0.2) is 18.9 Å². The number of nitrogens with one attached hydrogen (secondary N) is 2. The van der Waals surface area contributed by atoms with Gasteiger partial charge in [0.25, 0.3) is 0 Å². The molecule has 0 aliphatic rings. The van der Waals surface area contributed by atoms with Crippen molar-refractivity contribution in [2.45, 2.75) is 6.92 Å². The number of nitrogens with zero attached hydrogens (tertiary/aromatic N) is 3. The van der Waals surface area contributed by atoms with Gasteiger partial charge in [-0.1, -0.05) is 6.07 Å². The molecule has 96 valence electrons. The SMILES string of the molecule is Cc1ccc(F)cc1-n1c(-c2ccn[nH]2)n[nH]c1=O. The first-order chi connectivity index (χ1) is 9.16. The Morgan fingerprint density at radius 2 is 2.11 bits per heavy atom. The molecule has 0 spiro atoms. The van der Waals surface area contributed by atoms with Crippen LogP contribution >= 0.6 is 0 Å². The molecule has 0 aliphatic heterocycles. The van der Waals surface area contributed by atoms with E-state index < -0.39 is 11.5 Å². The van der Waals surface area contributed by atoms with E-state index in [2.05, 4.69) is 20.4 Å². The molecular weight excluding hydrogens is 249 g/mol. The lowest BCUT2D eigenvalue weighted by molar-refractivity contribution is 0.626. The van der Waals surface area contributed by atoms with Crippen molar-refractivity contribution in [3.05, 3.63) is 52.3 Å². The van der Waals surface area contributed by atoms with Gasteiger partial charge in [-0.3, -0.25) is 5.10 Å². The molecule has 3 aromatic rings. The first-order valence-corrected chi connectivity index (χ1v) is 5.60. The Labute approximate surface area is 106 Å². The predicted molar refractivity (Wildman–Crippen MR) is 66.5 cm³/mol. The predicted octanol–water partition coefficient (Wildman–Crippen LogP) is 1.40. The minimum absolute atomic E-state index is 0.358. The molecule has 7 heteroatoms. The number of hydrogen-bond acceptors (Lipinski definition) is 3. The molecule has 19 heavy (non-hydrogen) atoms. The fourth-order valence-corrected chi connectivity index (χ4v) is 1.90. The summed E-state index contributed by atoms with van der Waals surface area (Å²) < 4.78 is 14.7. The molecule has 0 bridgehead atoms. The van der Waals surface area contributed by atoms with E-state index in [-0.39, 0.29) is 0 Å². The maximum atomic E-state index is 13.4. The lowest BCUT2D eigenvalue weighted by atomic mass is 10.2. The summed E-state index contributed by atoms with van der Waals surface area (Å²) in [6, 6.07) is 5.94. The van der Waals surface area contributed by atoms with Crippen molar-refractivity contribution >= 4 is 0 Å². The summed E-state index contributed by atoms with van der Waals surface area (Å²) >= 11 is 0. The number of halogens is 1. The summed E-state index contributed by atoms with van der Waals surface area (Å²) in [5, 5.41) is 12.8. The normalized spacial score (nSPS) is 10.8. The van der Waals surface area contributed by atoms with Crippen LogP contribution < -0.4 is 5.69 Å². The van der Waals surface area contributed by atoms with E-state index in [0.717, 1.165) is 5.56 Å². The summed E-state index contributed by atoms with van der Waals surface area (Å²) in [4.78, 5) is 11.9. The smallest absolute Gasteiger partial charge is 0.275 e. The Morgan fingerprint density at radius 1 is 1.26 bits per heavy atom. The summed E-state index contributed by atoms with van der Waals surface area (Å²) in [5.74, 6) is -0.0551. The Hall–Kier alpha value is -2.70. The number of H-pyrrole nitrogens is 2. The van der Waals surface area contributed by atoms with E-state index in [4.69, 9.17) is 0 Å². The van der Waals surface area contributed by atoms with E-state index in [1.807, 2.05) is 0 Å². The highest BCUT2D eigenvalue weighted by Crippen LogP contribution is 2.19. The van der Waals surface area contributed by atoms with Gasteiger partial charge in [-0.15, -0.1) is 0 Å². The first-order valence-electron chi connectivity index (χ1n) is 5.60. The topological polar surface area (TPSA) is 79.4 Å². The molecule has 0 radical (unpaired) electrons. The van der Waals surface area contributed by atoms with Crippen LogP contribution in [0.25, 0.3) is 17.2 Å². The first kappa shape index (κ1) is 11.4. The molecule has 0 aliphatic carbocycles. The largest absolute Gasteiger partial charge is 0.348 e. The molecule has 0 amide bonds. The number of aromatic nitrogens is 5. The molecule has 0 saturated heterocycles. The fraction of sp³-hybridized carbons (Fsp3) is 0.0833. The Balaban J connectivity index is 2.29. The van der Waals surface area contributed by atoms with Crippen LogP contribution in [0.3, 0.4) is 0 Å². The second kappa shape index (κ2) is 4.20. The molecule has 3 rings (SSSR count). The molecule has 0 unspecified atom stereocenters. The second-order valence-electron chi connectivity index (χ2n) is 4.09. The zero-order chi connectivity index (χ0) is 13.4. The molecule has 2 N–H and O–H groups in total. The third-order valence-electron chi connectivity index (χ3n) is 2.83. The summed E-state index contributed by atoms with van der Waals surface area (Å²) in [7, 11) is 0. The van der Waals surface area contributed by atoms with E-state index in [1.54, 1.807) is 25.3 Å². The maximum Gasteiger partial charge on any atom is 0.348 e. The number of benzene rings is 1. The van der Waals surface area contributed by atoms with Crippen molar-refractivity contribution in [3.63, 3.8) is 0 Å². The highest BCUT2D eigenvalue weighted by atomic mass is 19.1. The van der Waals surface area contributed by atoms with Gasteiger partial charge in [0.15, 0.2) is 5.82 Å². The zero-order valence-corrected chi connectivity index (χ0v) is 10.0. The third-order valence-corrected chi connectivity index (χ3v) is 2.83. The van der Waals surface area contributed by atoms with Gasteiger partial charge in [0.1, 0.15) is 11.5 Å². The average molecular weight is 259 g/mol. The van der Waals surface area contributed by atoms with E-state index in [9.17, 15) is 9.18 Å². The minimum Gasteiger partial charge on any atom is -0.275 e. The van der Waals surface area contributed by atoms with Gasteiger partial charge < -0.3 is 0 Å². The molecule has 1 aromatic carbocycles. The van der Waals surface area contributed by atoms with Crippen LogP contribution in [0.5, 0.6) is 0 Å². The van der Waals surface area contributed by atoms with Gasteiger partial charge in [-0.2, -0.15) is 10.2 Å². The van der Waals surface area contributed by atoms with Gasteiger partial charge in [-0.05, 0) is 30.7 Å². The molecule has 6 nitrogen and oxygen atoms in total. The molecule has 0 saturated carbocycles. The summed E-state index contributed by atoms with van der Waals surface area (Å²) in [6.07, 6.45) is 1.55. The van der Waals surface area contributed by atoms with Crippen LogP contribution in [0.4, 0.5) is 4.39 Å². The number of aryl methyl sites for hydroxylation is 1.